The van der Waals surface area contributed by atoms with Crippen molar-refractivity contribution in [1.82, 2.24) is 5.32 Å². The highest BCUT2D eigenvalue weighted by molar-refractivity contribution is 5.91. The third kappa shape index (κ3) is 1.48. The van der Waals surface area contributed by atoms with E-state index < -0.39 is 0 Å². The number of hydrogen-bond acceptors (Lipinski definition) is 3. The average Bonchev–Trinajstić information content (AvgIpc) is 2.92. The fourth-order valence-electron chi connectivity index (χ4n) is 2.14. The number of benzene rings is 1. The number of aryl methyl sites for hydroxylation is 1. The van der Waals surface area contributed by atoms with Crippen LogP contribution in [0.3, 0.4) is 0 Å². The molecule has 1 aliphatic heterocycles. The fraction of sp³-hybridized carbons (Fsp3) is 0.308. The number of nitrogens with one attached hydrogen (secondary N) is 1. The van der Waals surface area contributed by atoms with Gasteiger partial charge in [-0.2, -0.15) is 0 Å². The summed E-state index contributed by atoms with van der Waals surface area (Å²) in [5.74, 6) is 1.08. The summed E-state index contributed by atoms with van der Waals surface area (Å²) in [6.45, 7) is 3.97. The normalized spacial score (nSPS) is 15.2. The third-order valence-corrected chi connectivity index (χ3v) is 3.05. The summed E-state index contributed by atoms with van der Waals surface area (Å²) in [6.07, 6.45) is 2.59. The van der Waals surface area contributed by atoms with Gasteiger partial charge >= 0.3 is 0 Å². The van der Waals surface area contributed by atoms with Gasteiger partial charge in [-0.15, -0.1) is 0 Å². The van der Waals surface area contributed by atoms with E-state index in [0.29, 0.717) is 0 Å². The molecule has 0 aliphatic carbocycles. The second kappa shape index (κ2) is 3.67. The van der Waals surface area contributed by atoms with Crippen molar-refractivity contribution in [3.05, 3.63) is 35.6 Å². The molecule has 0 fully saturated rings. The Labute approximate surface area is 94.2 Å². The van der Waals surface area contributed by atoms with Gasteiger partial charge in [-0.25, -0.2) is 0 Å². The van der Waals surface area contributed by atoms with Gasteiger partial charge in [0.05, 0.1) is 12.8 Å². The van der Waals surface area contributed by atoms with Gasteiger partial charge in [-0.3, -0.25) is 4.99 Å². The zero-order valence-electron chi connectivity index (χ0n) is 9.29. The highest BCUT2D eigenvalue weighted by Gasteiger charge is 2.12. The summed E-state index contributed by atoms with van der Waals surface area (Å²) in [5, 5.41) is 4.46. The first kappa shape index (κ1) is 9.46. The SMILES string of the molecule is Cc1ccc2ccoc2c1CC1=NCCN1. The minimum absolute atomic E-state index is 0.844. The summed E-state index contributed by atoms with van der Waals surface area (Å²) >= 11 is 0. The number of nitrogens with zero attached hydrogens (tertiary/aromatic N) is 1. The van der Waals surface area contributed by atoms with Crippen molar-refractivity contribution in [2.45, 2.75) is 13.3 Å². The lowest BCUT2D eigenvalue weighted by Crippen LogP contribution is -2.20. The van der Waals surface area contributed by atoms with Gasteiger partial charge in [0.1, 0.15) is 11.4 Å². The molecule has 3 heteroatoms. The van der Waals surface area contributed by atoms with Crippen LogP contribution in [0.4, 0.5) is 0 Å². The average molecular weight is 214 g/mol. The van der Waals surface area contributed by atoms with Crippen LogP contribution in [0.25, 0.3) is 11.0 Å². The Morgan fingerprint density at radius 1 is 1.38 bits per heavy atom. The summed E-state index contributed by atoms with van der Waals surface area (Å²) in [4.78, 5) is 4.43. The van der Waals surface area contributed by atoms with Crippen molar-refractivity contribution < 1.29 is 4.42 Å². The maximum absolute atomic E-state index is 5.56. The molecule has 1 aromatic carbocycles. The number of hydrogen-bond donors (Lipinski definition) is 1. The largest absolute Gasteiger partial charge is 0.464 e. The lowest BCUT2D eigenvalue weighted by atomic mass is 10.0. The van der Waals surface area contributed by atoms with E-state index in [0.717, 1.165) is 30.9 Å². The molecule has 82 valence electrons. The van der Waals surface area contributed by atoms with Crippen LogP contribution in [-0.2, 0) is 6.42 Å². The molecule has 0 saturated carbocycles. The van der Waals surface area contributed by atoms with Crippen LogP contribution in [0, 0.1) is 6.92 Å². The van der Waals surface area contributed by atoms with Crippen LogP contribution >= 0.6 is 0 Å². The molecule has 3 nitrogen and oxygen atoms in total. The second-order valence-electron chi connectivity index (χ2n) is 4.13. The lowest BCUT2D eigenvalue weighted by Gasteiger charge is -2.07. The third-order valence-electron chi connectivity index (χ3n) is 3.05. The second-order valence-corrected chi connectivity index (χ2v) is 4.13. The van der Waals surface area contributed by atoms with E-state index in [1.165, 1.54) is 16.5 Å². The Morgan fingerprint density at radius 2 is 2.31 bits per heavy atom. The maximum atomic E-state index is 5.56. The number of amidine groups is 1. The maximum Gasteiger partial charge on any atom is 0.137 e. The molecule has 0 atom stereocenters. The quantitative estimate of drug-likeness (QED) is 0.832. The smallest absolute Gasteiger partial charge is 0.137 e. The van der Waals surface area contributed by atoms with Crippen LogP contribution in [0.5, 0.6) is 0 Å². The number of rotatable bonds is 2. The van der Waals surface area contributed by atoms with Crippen molar-refractivity contribution in [1.29, 1.82) is 0 Å². The predicted molar refractivity (Wildman–Crippen MR) is 65.0 cm³/mol. The van der Waals surface area contributed by atoms with E-state index in [1.54, 1.807) is 6.26 Å². The van der Waals surface area contributed by atoms with Gasteiger partial charge in [0.25, 0.3) is 0 Å². The molecule has 1 aromatic heterocycles. The van der Waals surface area contributed by atoms with E-state index in [-0.39, 0.29) is 0 Å². The molecule has 16 heavy (non-hydrogen) atoms. The lowest BCUT2D eigenvalue weighted by molar-refractivity contribution is 0.612. The van der Waals surface area contributed by atoms with Gasteiger partial charge in [0.2, 0.25) is 0 Å². The van der Waals surface area contributed by atoms with E-state index in [9.17, 15) is 0 Å². The first-order chi connectivity index (χ1) is 7.84. The molecule has 2 aromatic rings. The van der Waals surface area contributed by atoms with Crippen molar-refractivity contribution in [3.63, 3.8) is 0 Å². The van der Waals surface area contributed by atoms with E-state index in [4.69, 9.17) is 4.42 Å². The number of furan rings is 1. The molecule has 0 saturated heterocycles. The van der Waals surface area contributed by atoms with Crippen molar-refractivity contribution >= 4 is 16.8 Å². The van der Waals surface area contributed by atoms with Crippen LogP contribution in [0.2, 0.25) is 0 Å². The van der Waals surface area contributed by atoms with Gasteiger partial charge in [0.15, 0.2) is 0 Å². The predicted octanol–water partition coefficient (Wildman–Crippen LogP) is 2.29. The molecule has 3 rings (SSSR count). The molecule has 0 unspecified atom stereocenters. The Kier molecular flexibility index (Phi) is 2.17. The molecule has 0 bridgehead atoms. The minimum atomic E-state index is 0.844. The van der Waals surface area contributed by atoms with Crippen molar-refractivity contribution in [2.24, 2.45) is 4.99 Å². The van der Waals surface area contributed by atoms with Crippen LogP contribution in [-0.4, -0.2) is 18.9 Å². The topological polar surface area (TPSA) is 37.5 Å². The highest BCUT2D eigenvalue weighted by Crippen LogP contribution is 2.24. The fourth-order valence-corrected chi connectivity index (χ4v) is 2.14. The summed E-state index contributed by atoms with van der Waals surface area (Å²) < 4.78 is 5.56. The van der Waals surface area contributed by atoms with Gasteiger partial charge in [-0.05, 0) is 18.6 Å². The van der Waals surface area contributed by atoms with Crippen molar-refractivity contribution in [2.75, 3.05) is 13.1 Å². The Hall–Kier alpha value is -1.77. The first-order valence-electron chi connectivity index (χ1n) is 5.57. The molecular formula is C13H14N2O. The summed E-state index contributed by atoms with van der Waals surface area (Å²) in [5.41, 5.74) is 3.51. The molecule has 0 amide bonds. The van der Waals surface area contributed by atoms with E-state index in [1.807, 2.05) is 6.07 Å². The Balaban J connectivity index is 2.06. The van der Waals surface area contributed by atoms with Crippen LogP contribution in [0.15, 0.2) is 33.9 Å². The molecule has 1 aliphatic rings. The Morgan fingerprint density at radius 3 is 3.12 bits per heavy atom. The standard InChI is InChI=1S/C13H14N2O/c1-9-2-3-10-4-7-16-13(10)11(9)8-12-14-5-6-15-12/h2-4,7H,5-6,8H2,1H3,(H,14,15). The number of aliphatic imine (C=N–C) groups is 1. The van der Waals surface area contributed by atoms with Gasteiger partial charge < -0.3 is 9.73 Å². The summed E-state index contributed by atoms with van der Waals surface area (Å²) in [6, 6.07) is 6.24. The summed E-state index contributed by atoms with van der Waals surface area (Å²) in [7, 11) is 0. The monoisotopic (exact) mass is 214 g/mol. The molecular weight excluding hydrogens is 200 g/mol. The highest BCUT2D eigenvalue weighted by atomic mass is 16.3. The van der Waals surface area contributed by atoms with Crippen molar-refractivity contribution in [3.8, 4) is 0 Å². The van der Waals surface area contributed by atoms with Crippen LogP contribution < -0.4 is 5.32 Å². The first-order valence-corrected chi connectivity index (χ1v) is 5.57. The van der Waals surface area contributed by atoms with E-state index in [2.05, 4.69) is 29.4 Å². The molecule has 2 heterocycles. The molecule has 1 N–H and O–H groups in total. The number of fused-ring (bicyclic) bond motifs is 1. The van der Waals surface area contributed by atoms with Gasteiger partial charge in [0, 0.05) is 23.9 Å². The van der Waals surface area contributed by atoms with Gasteiger partial charge in [-0.1, -0.05) is 12.1 Å². The zero-order chi connectivity index (χ0) is 11.0. The molecule has 0 spiro atoms. The molecule has 0 radical (unpaired) electrons. The van der Waals surface area contributed by atoms with E-state index >= 15 is 0 Å². The minimum Gasteiger partial charge on any atom is -0.464 e. The Bertz CT molecular complexity index is 554. The van der Waals surface area contributed by atoms with Crippen LogP contribution in [0.1, 0.15) is 11.1 Å². The zero-order valence-corrected chi connectivity index (χ0v) is 9.29.